The Morgan fingerprint density at radius 3 is 2.56 bits per heavy atom. The lowest BCUT2D eigenvalue weighted by Crippen LogP contribution is -2.58. The summed E-state index contributed by atoms with van der Waals surface area (Å²) in [4.78, 5) is 14.6. The van der Waals surface area contributed by atoms with Crippen molar-refractivity contribution < 1.29 is 9.90 Å². The fraction of sp³-hybridized carbons (Fsp3) is 0.435. The second-order valence-corrected chi connectivity index (χ2v) is 7.61. The van der Waals surface area contributed by atoms with E-state index in [-0.39, 0.29) is 5.91 Å². The van der Waals surface area contributed by atoms with Gasteiger partial charge in [0.25, 0.3) is 5.91 Å². The van der Waals surface area contributed by atoms with E-state index in [1.54, 1.807) is 0 Å². The van der Waals surface area contributed by atoms with Gasteiger partial charge in [-0.15, -0.1) is 0 Å². The van der Waals surface area contributed by atoms with Crippen LogP contribution in [-0.4, -0.2) is 41.1 Å². The van der Waals surface area contributed by atoms with E-state index >= 15 is 0 Å². The monoisotopic (exact) mass is 366 g/mol. The number of hydrogen-bond acceptors (Lipinski definition) is 3. The molecule has 0 aromatic heterocycles. The first-order valence-electron chi connectivity index (χ1n) is 9.89. The van der Waals surface area contributed by atoms with E-state index in [4.69, 9.17) is 0 Å². The molecule has 1 aliphatic rings. The Bertz CT molecular complexity index is 730. The molecule has 0 bridgehead atoms. The van der Waals surface area contributed by atoms with Crippen LogP contribution in [0.15, 0.2) is 54.6 Å². The van der Waals surface area contributed by atoms with E-state index in [0.717, 1.165) is 31.4 Å². The molecule has 1 amide bonds. The van der Waals surface area contributed by atoms with Crippen LogP contribution in [0.1, 0.15) is 36.0 Å². The predicted octanol–water partition coefficient (Wildman–Crippen LogP) is 3.07. The van der Waals surface area contributed by atoms with E-state index in [1.165, 1.54) is 11.1 Å². The van der Waals surface area contributed by atoms with Crippen molar-refractivity contribution in [1.29, 1.82) is 0 Å². The molecular formula is C23H30N2O2. The van der Waals surface area contributed by atoms with E-state index in [1.807, 2.05) is 23.1 Å². The summed E-state index contributed by atoms with van der Waals surface area (Å²) in [7, 11) is 0. The Hall–Kier alpha value is -2.17. The first-order chi connectivity index (χ1) is 13.1. The number of hydrogen-bond donors (Lipinski definition) is 2. The van der Waals surface area contributed by atoms with Crippen LogP contribution in [-0.2, 0) is 17.8 Å². The summed E-state index contributed by atoms with van der Waals surface area (Å²) in [5.41, 5.74) is 2.39. The van der Waals surface area contributed by atoms with E-state index in [2.05, 4.69) is 48.6 Å². The van der Waals surface area contributed by atoms with Gasteiger partial charge in [-0.25, -0.2) is 0 Å². The van der Waals surface area contributed by atoms with Crippen molar-refractivity contribution in [3.63, 3.8) is 0 Å². The highest BCUT2D eigenvalue weighted by Gasteiger charge is 2.41. The van der Waals surface area contributed by atoms with Crippen molar-refractivity contribution in [2.75, 3.05) is 19.6 Å². The standard InChI is InChI=1S/C23H30N2O2/c1-19-10-12-21(13-11-19)17-24-18-23(27)14-6-16-25(22(23)26)15-5-9-20-7-3-2-4-8-20/h2-4,7-8,10-13,24,27H,5-6,9,14-18H2,1H3/t23-/m0/s1. The van der Waals surface area contributed by atoms with Gasteiger partial charge < -0.3 is 15.3 Å². The third-order valence-corrected chi connectivity index (χ3v) is 5.31. The molecule has 1 aliphatic heterocycles. The molecular weight excluding hydrogens is 336 g/mol. The SMILES string of the molecule is Cc1ccc(CNC[C@@]2(O)CCCN(CCCc3ccccc3)C2=O)cc1. The fourth-order valence-electron chi connectivity index (χ4n) is 3.68. The summed E-state index contributed by atoms with van der Waals surface area (Å²) in [6.07, 6.45) is 3.25. The number of carbonyl (C=O) groups excluding carboxylic acids is 1. The number of nitrogens with zero attached hydrogens (tertiary/aromatic N) is 1. The average molecular weight is 367 g/mol. The highest BCUT2D eigenvalue weighted by atomic mass is 16.3. The van der Waals surface area contributed by atoms with Crippen molar-refractivity contribution >= 4 is 5.91 Å². The molecule has 2 N–H and O–H groups in total. The molecule has 27 heavy (non-hydrogen) atoms. The maximum atomic E-state index is 12.8. The highest BCUT2D eigenvalue weighted by molar-refractivity contribution is 5.86. The Balaban J connectivity index is 1.47. The van der Waals surface area contributed by atoms with Gasteiger partial charge in [-0.3, -0.25) is 4.79 Å². The van der Waals surface area contributed by atoms with Crippen LogP contribution < -0.4 is 5.32 Å². The van der Waals surface area contributed by atoms with Gasteiger partial charge in [-0.2, -0.15) is 0 Å². The van der Waals surface area contributed by atoms with Crippen molar-refractivity contribution in [1.82, 2.24) is 10.2 Å². The van der Waals surface area contributed by atoms with Gasteiger partial charge in [0, 0.05) is 26.2 Å². The molecule has 1 saturated heterocycles. The summed E-state index contributed by atoms with van der Waals surface area (Å²) >= 11 is 0. The molecule has 2 aromatic rings. The topological polar surface area (TPSA) is 52.6 Å². The molecule has 1 fully saturated rings. The molecule has 4 nitrogen and oxygen atoms in total. The number of amides is 1. The summed E-state index contributed by atoms with van der Waals surface area (Å²) in [5.74, 6) is -0.127. The quantitative estimate of drug-likeness (QED) is 0.755. The number of aryl methyl sites for hydroxylation is 2. The smallest absolute Gasteiger partial charge is 0.255 e. The van der Waals surface area contributed by atoms with Crippen LogP contribution in [0.4, 0.5) is 0 Å². The third kappa shape index (κ3) is 5.41. The largest absolute Gasteiger partial charge is 0.379 e. The zero-order valence-corrected chi connectivity index (χ0v) is 16.2. The Morgan fingerprint density at radius 2 is 1.81 bits per heavy atom. The lowest BCUT2D eigenvalue weighted by Gasteiger charge is -2.38. The number of benzene rings is 2. The molecule has 2 aromatic carbocycles. The minimum Gasteiger partial charge on any atom is -0.379 e. The van der Waals surface area contributed by atoms with E-state index in [9.17, 15) is 9.90 Å². The minimum absolute atomic E-state index is 0.127. The number of aliphatic hydroxyl groups is 1. The highest BCUT2D eigenvalue weighted by Crippen LogP contribution is 2.23. The van der Waals surface area contributed by atoms with Crippen molar-refractivity contribution in [3.05, 3.63) is 71.3 Å². The lowest BCUT2D eigenvalue weighted by atomic mass is 9.91. The molecule has 3 rings (SSSR count). The Labute approximate surface area is 162 Å². The van der Waals surface area contributed by atoms with E-state index < -0.39 is 5.60 Å². The molecule has 0 aliphatic carbocycles. The summed E-state index contributed by atoms with van der Waals surface area (Å²) in [5, 5.41) is 14.2. The number of likely N-dealkylation sites (tertiary alicyclic amines) is 1. The zero-order chi connectivity index (χ0) is 19.1. The summed E-state index contributed by atoms with van der Waals surface area (Å²) in [6, 6.07) is 18.6. The van der Waals surface area contributed by atoms with E-state index in [0.29, 0.717) is 26.1 Å². The van der Waals surface area contributed by atoms with Crippen molar-refractivity contribution in [3.8, 4) is 0 Å². The summed E-state index contributed by atoms with van der Waals surface area (Å²) in [6.45, 7) is 4.47. The molecule has 1 heterocycles. The number of rotatable bonds is 8. The molecule has 4 heteroatoms. The maximum absolute atomic E-state index is 12.8. The zero-order valence-electron chi connectivity index (χ0n) is 16.2. The molecule has 1 atom stereocenters. The number of piperidine rings is 1. The van der Waals surface area contributed by atoms with Crippen molar-refractivity contribution in [2.24, 2.45) is 0 Å². The Morgan fingerprint density at radius 1 is 1.07 bits per heavy atom. The first-order valence-corrected chi connectivity index (χ1v) is 9.89. The lowest BCUT2D eigenvalue weighted by molar-refractivity contribution is -0.156. The fourth-order valence-corrected chi connectivity index (χ4v) is 3.68. The number of carbonyl (C=O) groups is 1. The third-order valence-electron chi connectivity index (χ3n) is 5.31. The van der Waals surface area contributed by atoms with Crippen LogP contribution in [0.2, 0.25) is 0 Å². The molecule has 144 valence electrons. The van der Waals surface area contributed by atoms with Crippen LogP contribution in [0.25, 0.3) is 0 Å². The van der Waals surface area contributed by atoms with Crippen molar-refractivity contribution in [2.45, 2.75) is 44.8 Å². The van der Waals surface area contributed by atoms with Gasteiger partial charge in [-0.1, -0.05) is 60.2 Å². The van der Waals surface area contributed by atoms with Crippen LogP contribution in [0.5, 0.6) is 0 Å². The van der Waals surface area contributed by atoms with Gasteiger partial charge in [0.15, 0.2) is 5.60 Å². The predicted molar refractivity (Wildman–Crippen MR) is 108 cm³/mol. The average Bonchev–Trinajstić information content (AvgIpc) is 2.68. The maximum Gasteiger partial charge on any atom is 0.255 e. The molecule has 0 saturated carbocycles. The van der Waals surface area contributed by atoms with Gasteiger partial charge in [0.1, 0.15) is 0 Å². The van der Waals surface area contributed by atoms with Gasteiger partial charge in [-0.05, 0) is 43.7 Å². The van der Waals surface area contributed by atoms with Crippen LogP contribution >= 0.6 is 0 Å². The van der Waals surface area contributed by atoms with Crippen LogP contribution in [0, 0.1) is 6.92 Å². The molecule has 0 radical (unpaired) electrons. The summed E-state index contributed by atoms with van der Waals surface area (Å²) < 4.78 is 0. The Kier molecular flexibility index (Phi) is 6.64. The first kappa shape index (κ1) is 19.6. The van der Waals surface area contributed by atoms with Gasteiger partial charge in [0.2, 0.25) is 0 Å². The molecule has 0 unspecified atom stereocenters. The number of nitrogens with one attached hydrogen (secondary N) is 1. The molecule has 0 spiro atoms. The second-order valence-electron chi connectivity index (χ2n) is 7.61. The van der Waals surface area contributed by atoms with Gasteiger partial charge >= 0.3 is 0 Å². The minimum atomic E-state index is -1.28. The normalized spacial score (nSPS) is 20.1. The van der Waals surface area contributed by atoms with Gasteiger partial charge in [0.05, 0.1) is 0 Å². The second kappa shape index (κ2) is 9.16. The van der Waals surface area contributed by atoms with Crippen LogP contribution in [0.3, 0.4) is 0 Å².